The Morgan fingerprint density at radius 2 is 1.58 bits per heavy atom. The molecule has 19 heavy (non-hydrogen) atoms. The van der Waals surface area contributed by atoms with Crippen LogP contribution in [0.15, 0.2) is 12.1 Å². The summed E-state index contributed by atoms with van der Waals surface area (Å²) in [5, 5.41) is 7.66. The molecule has 0 heterocycles. The van der Waals surface area contributed by atoms with Crippen molar-refractivity contribution < 1.29 is 30.7 Å². The van der Waals surface area contributed by atoms with Crippen LogP contribution in [0.1, 0.15) is 5.56 Å². The van der Waals surface area contributed by atoms with Crippen LogP contribution < -0.4 is 0 Å². The van der Waals surface area contributed by atoms with Gasteiger partial charge in [-0.3, -0.25) is 4.55 Å². The number of diazo groups is 1. The van der Waals surface area contributed by atoms with Gasteiger partial charge in [0.05, 0.1) is 5.56 Å². The smallest absolute Gasteiger partial charge is 0.421 e. The van der Waals surface area contributed by atoms with E-state index in [1.165, 1.54) is 0 Å². The highest BCUT2D eigenvalue weighted by Gasteiger charge is 2.34. The molecule has 0 aliphatic heterocycles. The highest BCUT2D eigenvalue weighted by Crippen LogP contribution is 2.39. The second-order valence-electron chi connectivity index (χ2n) is 2.81. The third-order valence-corrected chi connectivity index (χ3v) is 2.02. The van der Waals surface area contributed by atoms with Crippen LogP contribution in [0, 0.1) is 5.39 Å². The van der Waals surface area contributed by atoms with Crippen molar-refractivity contribution in [1.29, 1.82) is 5.39 Å². The molecule has 1 aromatic rings. The summed E-state index contributed by atoms with van der Waals surface area (Å²) in [6.07, 6.45) is -4.53. The lowest BCUT2D eigenvalue weighted by molar-refractivity contribution is -0.137. The highest BCUT2D eigenvalue weighted by molar-refractivity contribution is 7.79. The Morgan fingerprint density at radius 3 is 1.79 bits per heavy atom. The van der Waals surface area contributed by atoms with E-state index in [-0.39, 0.29) is 15.7 Å². The van der Waals surface area contributed by atoms with Gasteiger partial charge in [0, 0.05) is 0 Å². The molecule has 1 rings (SSSR count). The molecule has 0 saturated carbocycles. The zero-order chi connectivity index (χ0) is 15.4. The third kappa shape index (κ3) is 7.14. The van der Waals surface area contributed by atoms with Crippen molar-refractivity contribution in [3.63, 3.8) is 0 Å². The van der Waals surface area contributed by atoms with E-state index in [9.17, 15) is 13.2 Å². The molecule has 6 nitrogen and oxygen atoms in total. The van der Waals surface area contributed by atoms with E-state index in [0.717, 1.165) is 0 Å². The second kappa shape index (κ2) is 6.36. The fraction of sp³-hybridized carbons (Fsp3) is 0.143. The molecule has 0 spiro atoms. The van der Waals surface area contributed by atoms with Crippen LogP contribution in [0.2, 0.25) is 10.0 Å². The molecular formula is C7H3Cl2F3N2O4S. The number of hydrogen-bond donors (Lipinski definition) is 1. The first-order valence-electron chi connectivity index (χ1n) is 3.96. The summed E-state index contributed by atoms with van der Waals surface area (Å²) in [6.45, 7) is 0. The Kier molecular flexibility index (Phi) is 5.98. The van der Waals surface area contributed by atoms with E-state index < -0.39 is 22.1 Å². The Labute approximate surface area is 114 Å². The lowest BCUT2D eigenvalue weighted by Gasteiger charge is -2.05. The van der Waals surface area contributed by atoms with E-state index >= 15 is 0 Å². The zero-order valence-electron chi connectivity index (χ0n) is 8.52. The second-order valence-corrected chi connectivity index (χ2v) is 4.48. The van der Waals surface area contributed by atoms with Crippen molar-refractivity contribution >= 4 is 39.3 Å². The maximum Gasteiger partial charge on any atom is 0.421 e. The molecule has 0 saturated heterocycles. The van der Waals surface area contributed by atoms with Crippen LogP contribution in [-0.2, 0) is 16.6 Å². The Morgan fingerprint density at radius 1 is 1.26 bits per heavy atom. The normalized spacial score (nSPS) is 11.3. The number of hydrogen-bond acceptors (Lipinski definition) is 4. The molecule has 0 aromatic heterocycles. The van der Waals surface area contributed by atoms with Crippen molar-refractivity contribution in [2.75, 3.05) is 0 Å². The van der Waals surface area contributed by atoms with Crippen LogP contribution >= 0.6 is 23.2 Å². The van der Waals surface area contributed by atoms with Gasteiger partial charge in [0.15, 0.2) is 4.98 Å². The van der Waals surface area contributed by atoms with Gasteiger partial charge in [0.25, 0.3) is 0 Å². The van der Waals surface area contributed by atoms with Crippen LogP contribution in [-0.4, -0.2) is 17.5 Å². The van der Waals surface area contributed by atoms with Crippen molar-refractivity contribution in [2.45, 2.75) is 6.18 Å². The minimum Gasteiger partial charge on any atom is -0.726 e. The molecule has 0 fully saturated rings. The molecule has 1 N–H and O–H groups in total. The number of nitrogens with zero attached hydrogens (tertiary/aromatic N) is 2. The summed E-state index contributed by atoms with van der Waals surface area (Å²) in [7, 11) is -4.92. The standard InChI is InChI=1S/C7H2Cl2F3N2.H2O4S/c8-4-1-3(7(10,11)12)2-5(9)6(4)14-13;1-5(2,3)4/h1-2H;(H2,1,2,3,4)/q+1;/p-1. The summed E-state index contributed by atoms with van der Waals surface area (Å²) in [6, 6.07) is 1.28. The average Bonchev–Trinajstić information content (AvgIpc) is 2.12. The van der Waals surface area contributed by atoms with Gasteiger partial charge in [0.2, 0.25) is 15.8 Å². The molecule has 0 bridgehead atoms. The summed E-state index contributed by atoms with van der Waals surface area (Å²) in [5.74, 6) is 0. The lowest BCUT2D eigenvalue weighted by Crippen LogP contribution is -2.04. The molecular weight excluding hydrogens is 336 g/mol. The van der Waals surface area contributed by atoms with E-state index in [1.54, 1.807) is 0 Å². The van der Waals surface area contributed by atoms with Crippen LogP contribution in [0.25, 0.3) is 4.98 Å². The van der Waals surface area contributed by atoms with Gasteiger partial charge in [-0.2, -0.15) is 13.2 Å². The van der Waals surface area contributed by atoms with E-state index in [1.807, 2.05) is 0 Å². The lowest BCUT2D eigenvalue weighted by atomic mass is 10.2. The van der Waals surface area contributed by atoms with Gasteiger partial charge >= 0.3 is 11.9 Å². The van der Waals surface area contributed by atoms with Crippen LogP contribution in [0.5, 0.6) is 0 Å². The number of rotatable bonds is 0. The Bertz CT molecular complexity index is 581. The zero-order valence-corrected chi connectivity index (χ0v) is 10.8. The highest BCUT2D eigenvalue weighted by atomic mass is 35.5. The van der Waals surface area contributed by atoms with Gasteiger partial charge in [-0.1, -0.05) is 23.2 Å². The fourth-order valence-corrected chi connectivity index (χ4v) is 1.39. The molecule has 12 heteroatoms. The largest absolute Gasteiger partial charge is 0.726 e. The maximum atomic E-state index is 12.2. The Hall–Kier alpha value is -1.12. The number of benzene rings is 1. The summed E-state index contributed by atoms with van der Waals surface area (Å²) < 4.78 is 69.4. The first-order chi connectivity index (χ1) is 8.36. The van der Waals surface area contributed by atoms with Gasteiger partial charge in [0.1, 0.15) is 10.0 Å². The predicted molar refractivity (Wildman–Crippen MR) is 58.5 cm³/mol. The summed E-state index contributed by atoms with van der Waals surface area (Å²) >= 11 is 10.8. The average molecular weight is 339 g/mol. The molecule has 0 unspecified atom stereocenters. The molecule has 106 valence electrons. The third-order valence-electron chi connectivity index (χ3n) is 1.44. The predicted octanol–water partition coefficient (Wildman–Crippen LogP) is 3.50. The van der Waals surface area contributed by atoms with E-state index in [4.69, 9.17) is 46.1 Å². The topological polar surface area (TPSA) is 106 Å². The molecule has 0 aliphatic rings. The molecule has 1 aromatic carbocycles. The molecule has 0 radical (unpaired) electrons. The van der Waals surface area contributed by atoms with Crippen molar-refractivity contribution in [1.82, 2.24) is 0 Å². The van der Waals surface area contributed by atoms with E-state index in [2.05, 4.69) is 4.98 Å². The SMILES string of the molecule is N#[N+]c1c(Cl)cc(C(F)(F)F)cc1Cl.O=S(=O)([O-])O. The van der Waals surface area contributed by atoms with Gasteiger partial charge in [-0.05, 0) is 12.1 Å². The quantitative estimate of drug-likeness (QED) is 0.442. The Balaban J connectivity index is 0.000000555. The van der Waals surface area contributed by atoms with Gasteiger partial charge in [-0.25, -0.2) is 8.42 Å². The van der Waals surface area contributed by atoms with Crippen molar-refractivity contribution in [2.24, 2.45) is 0 Å². The minimum atomic E-state index is -4.92. The van der Waals surface area contributed by atoms with Gasteiger partial charge < -0.3 is 4.55 Å². The van der Waals surface area contributed by atoms with Crippen LogP contribution in [0.3, 0.4) is 0 Å². The molecule has 0 aliphatic carbocycles. The van der Waals surface area contributed by atoms with Crippen LogP contribution in [0.4, 0.5) is 18.9 Å². The first-order valence-corrected chi connectivity index (χ1v) is 6.08. The summed E-state index contributed by atoms with van der Waals surface area (Å²) in [4.78, 5) is 2.66. The fourth-order valence-electron chi connectivity index (χ4n) is 0.825. The van der Waals surface area contributed by atoms with E-state index in [0.29, 0.717) is 12.1 Å². The molecule has 0 atom stereocenters. The number of alkyl halides is 3. The minimum absolute atomic E-state index is 0.277. The van der Waals surface area contributed by atoms with Crippen molar-refractivity contribution in [3.05, 3.63) is 32.7 Å². The first kappa shape index (κ1) is 17.9. The monoisotopic (exact) mass is 338 g/mol. The maximum absolute atomic E-state index is 12.2. The summed E-state index contributed by atoms with van der Waals surface area (Å²) in [5.41, 5.74) is -1.26. The van der Waals surface area contributed by atoms with Gasteiger partial charge in [-0.15, -0.1) is 0 Å². The molecule has 0 amide bonds. The number of halogens is 5. The van der Waals surface area contributed by atoms with Crippen molar-refractivity contribution in [3.8, 4) is 0 Å².